The van der Waals surface area contributed by atoms with Crippen molar-refractivity contribution in [1.29, 1.82) is 0 Å². The summed E-state index contributed by atoms with van der Waals surface area (Å²) in [6, 6.07) is 13.4. The quantitative estimate of drug-likeness (QED) is 0.543. The molecule has 1 aliphatic heterocycles. The number of rotatable bonds is 6. The molecule has 2 aromatic carbocycles. The van der Waals surface area contributed by atoms with Crippen LogP contribution in [-0.4, -0.2) is 44.6 Å². The topological polar surface area (TPSA) is 78.4 Å². The lowest BCUT2D eigenvalue weighted by Gasteiger charge is -2.39. The van der Waals surface area contributed by atoms with Crippen LogP contribution >= 0.6 is 11.9 Å². The molecule has 1 fully saturated rings. The van der Waals surface area contributed by atoms with E-state index >= 15 is 0 Å². The normalized spacial score (nSPS) is 15.9. The number of amides is 1. The fourth-order valence-electron chi connectivity index (χ4n) is 4.12. The molecule has 1 amide bonds. The number of carbonyl (C=O) groups is 1. The van der Waals surface area contributed by atoms with Crippen molar-refractivity contribution in [3.8, 4) is 0 Å². The number of benzene rings is 2. The predicted molar refractivity (Wildman–Crippen MR) is 125 cm³/mol. The second kappa shape index (κ2) is 9.24. The maximum Gasteiger partial charge on any atom is 0.253 e. The molecule has 0 unspecified atom stereocenters. The molecule has 4 rings (SSSR count). The summed E-state index contributed by atoms with van der Waals surface area (Å²) in [5.74, 6) is 0.473. The van der Waals surface area contributed by atoms with Crippen molar-refractivity contribution in [2.75, 3.05) is 17.8 Å². The average Bonchev–Trinajstić information content (AvgIpc) is 2.77. The average molecular weight is 437 g/mol. The summed E-state index contributed by atoms with van der Waals surface area (Å²) < 4.78 is 3.32. The highest BCUT2D eigenvalue weighted by atomic mass is 32.2. The van der Waals surface area contributed by atoms with Crippen molar-refractivity contribution in [1.82, 2.24) is 14.9 Å². The van der Waals surface area contributed by atoms with E-state index in [1.165, 1.54) is 11.9 Å². The van der Waals surface area contributed by atoms with Gasteiger partial charge < -0.3 is 14.7 Å². The fourth-order valence-corrected chi connectivity index (χ4v) is 4.88. The van der Waals surface area contributed by atoms with E-state index in [9.17, 15) is 9.90 Å². The number of likely N-dealkylation sites (tertiary alicyclic amines) is 1. The van der Waals surface area contributed by atoms with Crippen LogP contribution in [0, 0.1) is 5.92 Å². The first kappa shape index (κ1) is 21.6. The summed E-state index contributed by atoms with van der Waals surface area (Å²) >= 11 is 1.47. The number of hydrogen-bond donors (Lipinski definition) is 2. The molecule has 0 atom stereocenters. The molecule has 1 saturated heterocycles. The number of aromatic nitrogens is 2. The van der Waals surface area contributed by atoms with Crippen LogP contribution in [-0.2, 0) is 0 Å². The number of carbonyl (C=O) groups excluding carboxylic acids is 1. The zero-order chi connectivity index (χ0) is 21.8. The maximum atomic E-state index is 12.9. The Labute approximate surface area is 187 Å². The van der Waals surface area contributed by atoms with Crippen LogP contribution in [0.1, 0.15) is 43.5 Å². The first-order valence-electron chi connectivity index (χ1n) is 10.7. The van der Waals surface area contributed by atoms with Crippen molar-refractivity contribution < 1.29 is 9.90 Å². The van der Waals surface area contributed by atoms with Crippen molar-refractivity contribution in [2.45, 2.75) is 43.6 Å². The number of anilines is 1. The van der Waals surface area contributed by atoms with E-state index < -0.39 is 5.60 Å². The minimum Gasteiger partial charge on any atom is -0.390 e. The van der Waals surface area contributed by atoms with Gasteiger partial charge in [-0.1, -0.05) is 19.9 Å². The van der Waals surface area contributed by atoms with Gasteiger partial charge in [0.2, 0.25) is 0 Å². The molecule has 6 nitrogen and oxygen atoms in total. The van der Waals surface area contributed by atoms with Crippen molar-refractivity contribution in [3.05, 3.63) is 60.4 Å². The Bertz CT molecular complexity index is 1040. The molecule has 0 spiro atoms. The molecule has 3 aromatic rings. The monoisotopic (exact) mass is 436 g/mol. The minimum absolute atomic E-state index is 0.0233. The number of nitrogens with one attached hydrogen (secondary N) is 1. The molecule has 1 aliphatic rings. The lowest BCUT2D eigenvalue weighted by molar-refractivity contribution is -0.0311. The summed E-state index contributed by atoms with van der Waals surface area (Å²) in [7, 11) is 0. The van der Waals surface area contributed by atoms with Crippen LogP contribution in [0.3, 0.4) is 0 Å². The molecule has 0 aliphatic carbocycles. The van der Waals surface area contributed by atoms with E-state index in [4.69, 9.17) is 0 Å². The van der Waals surface area contributed by atoms with Gasteiger partial charge in [0.05, 0.1) is 16.0 Å². The Morgan fingerprint density at radius 1 is 1.13 bits per heavy atom. The second-order valence-corrected chi connectivity index (χ2v) is 9.42. The summed E-state index contributed by atoms with van der Waals surface area (Å²) in [4.78, 5) is 24.5. The van der Waals surface area contributed by atoms with Gasteiger partial charge in [-0.25, -0.2) is 0 Å². The lowest BCUT2D eigenvalue weighted by atomic mass is 9.84. The SMILES string of the molecule is CC(C)CC1(O)CCN(C(=O)c2ccc(NSc3cccc4nccnc34)cc2)CC1. The summed E-state index contributed by atoms with van der Waals surface area (Å²) in [6.07, 6.45) is 5.45. The number of piperidine rings is 1. The van der Waals surface area contributed by atoms with E-state index in [-0.39, 0.29) is 5.91 Å². The van der Waals surface area contributed by atoms with Crippen LogP contribution < -0.4 is 4.72 Å². The van der Waals surface area contributed by atoms with Crippen molar-refractivity contribution in [2.24, 2.45) is 5.92 Å². The van der Waals surface area contributed by atoms with Gasteiger partial charge in [0, 0.05) is 36.7 Å². The largest absolute Gasteiger partial charge is 0.390 e. The Morgan fingerprint density at radius 2 is 1.84 bits per heavy atom. The smallest absolute Gasteiger partial charge is 0.253 e. The Morgan fingerprint density at radius 3 is 2.55 bits per heavy atom. The van der Waals surface area contributed by atoms with Gasteiger partial charge in [-0.2, -0.15) is 0 Å². The van der Waals surface area contributed by atoms with E-state index in [1.54, 1.807) is 12.4 Å². The Hall–Kier alpha value is -2.64. The van der Waals surface area contributed by atoms with Gasteiger partial charge in [0.25, 0.3) is 5.91 Å². The van der Waals surface area contributed by atoms with Crippen LogP contribution in [0.2, 0.25) is 0 Å². The van der Waals surface area contributed by atoms with Crippen molar-refractivity contribution in [3.63, 3.8) is 0 Å². The van der Waals surface area contributed by atoms with E-state index in [0.717, 1.165) is 28.0 Å². The molecular formula is C24H28N4O2S. The zero-order valence-corrected chi connectivity index (χ0v) is 18.7. The highest BCUT2D eigenvalue weighted by Gasteiger charge is 2.34. The first-order valence-corrected chi connectivity index (χ1v) is 11.5. The Balaban J connectivity index is 1.35. The number of hydrogen-bond acceptors (Lipinski definition) is 6. The van der Waals surface area contributed by atoms with Crippen LogP contribution in [0.25, 0.3) is 11.0 Å². The second-order valence-electron chi connectivity index (χ2n) is 8.58. The third kappa shape index (κ3) is 5.17. The summed E-state index contributed by atoms with van der Waals surface area (Å²) in [5, 5.41) is 10.7. The third-order valence-corrected chi connectivity index (χ3v) is 6.53. The van der Waals surface area contributed by atoms with Crippen LogP contribution in [0.15, 0.2) is 59.8 Å². The van der Waals surface area contributed by atoms with Gasteiger partial charge in [0.15, 0.2) is 0 Å². The van der Waals surface area contributed by atoms with Crippen molar-refractivity contribution >= 4 is 34.6 Å². The molecule has 0 radical (unpaired) electrons. The number of nitrogens with zero attached hydrogens (tertiary/aromatic N) is 3. The van der Waals surface area contributed by atoms with Crippen LogP contribution in [0.4, 0.5) is 5.69 Å². The first-order chi connectivity index (χ1) is 14.9. The minimum atomic E-state index is -0.637. The van der Waals surface area contributed by atoms with Gasteiger partial charge in [-0.3, -0.25) is 14.8 Å². The molecule has 31 heavy (non-hydrogen) atoms. The molecular weight excluding hydrogens is 408 g/mol. The molecule has 2 N–H and O–H groups in total. The highest BCUT2D eigenvalue weighted by Crippen LogP contribution is 2.30. The van der Waals surface area contributed by atoms with Gasteiger partial charge in [0.1, 0.15) is 5.52 Å². The lowest BCUT2D eigenvalue weighted by Crippen LogP contribution is -2.47. The van der Waals surface area contributed by atoms with E-state index in [2.05, 4.69) is 28.5 Å². The standard InChI is InChI=1S/C24H28N4O2S/c1-17(2)16-24(30)10-14-28(15-11-24)23(29)18-6-8-19(9-7-18)27-31-21-5-3-4-20-22(21)26-13-12-25-20/h3-9,12-13,17,27,30H,10-11,14-16H2,1-2H3. The molecule has 7 heteroatoms. The predicted octanol–water partition coefficient (Wildman–Crippen LogP) is 4.76. The molecule has 162 valence electrons. The number of para-hydroxylation sites is 1. The van der Waals surface area contributed by atoms with Gasteiger partial charge in [-0.15, -0.1) is 0 Å². The Kier molecular flexibility index (Phi) is 6.43. The fraction of sp³-hybridized carbons (Fsp3) is 0.375. The van der Waals surface area contributed by atoms with E-state index in [1.807, 2.05) is 47.4 Å². The maximum absolute atomic E-state index is 12.9. The molecule has 2 heterocycles. The number of aliphatic hydroxyl groups is 1. The third-order valence-electron chi connectivity index (χ3n) is 5.64. The summed E-state index contributed by atoms with van der Waals surface area (Å²) in [5.41, 5.74) is 2.66. The van der Waals surface area contributed by atoms with E-state index in [0.29, 0.717) is 37.4 Å². The van der Waals surface area contributed by atoms with Gasteiger partial charge in [-0.05, 0) is 73.5 Å². The molecule has 0 bridgehead atoms. The van der Waals surface area contributed by atoms with Crippen LogP contribution in [0.5, 0.6) is 0 Å². The molecule has 1 aromatic heterocycles. The van der Waals surface area contributed by atoms with Gasteiger partial charge >= 0.3 is 0 Å². The summed E-state index contributed by atoms with van der Waals surface area (Å²) in [6.45, 7) is 5.44. The molecule has 0 saturated carbocycles. The number of fused-ring (bicyclic) bond motifs is 1. The highest BCUT2D eigenvalue weighted by molar-refractivity contribution is 8.00. The zero-order valence-electron chi connectivity index (χ0n) is 17.9.